The molecule has 0 aliphatic carbocycles. The number of methoxy groups -OCH3 is 1. The number of amides is 1. The van der Waals surface area contributed by atoms with Crippen molar-refractivity contribution in [3.63, 3.8) is 0 Å². The van der Waals surface area contributed by atoms with Crippen molar-refractivity contribution < 1.29 is 19.1 Å². The Morgan fingerprint density at radius 1 is 1.39 bits per heavy atom. The van der Waals surface area contributed by atoms with Crippen LogP contribution in [0.25, 0.3) is 0 Å². The number of piperidine rings is 1. The first-order chi connectivity index (χ1) is 8.58. The number of nitrogens with zero attached hydrogens (tertiary/aromatic N) is 1. The van der Waals surface area contributed by atoms with Crippen LogP contribution in [0.3, 0.4) is 0 Å². The zero-order valence-corrected chi connectivity index (χ0v) is 11.5. The van der Waals surface area contributed by atoms with E-state index in [2.05, 4.69) is 4.74 Å². The fraction of sp³-hybridized carbons (Fsp3) is 0.846. The smallest absolute Gasteiger partial charge is 0.410 e. The number of rotatable bonds is 4. The van der Waals surface area contributed by atoms with Crippen LogP contribution in [0.2, 0.25) is 0 Å². The topological polar surface area (TPSA) is 55.8 Å². The summed E-state index contributed by atoms with van der Waals surface area (Å²) in [5.41, 5.74) is 0. The Hall–Kier alpha value is -1.26. The van der Waals surface area contributed by atoms with Crippen LogP contribution in [0.1, 0.15) is 46.0 Å². The van der Waals surface area contributed by atoms with Crippen LogP contribution in [0, 0.1) is 0 Å². The van der Waals surface area contributed by atoms with Crippen molar-refractivity contribution >= 4 is 12.1 Å². The zero-order chi connectivity index (χ0) is 13.5. The maximum Gasteiger partial charge on any atom is 0.410 e. The quantitative estimate of drug-likeness (QED) is 0.725. The molecule has 5 nitrogen and oxygen atoms in total. The van der Waals surface area contributed by atoms with Gasteiger partial charge in [0.15, 0.2) is 0 Å². The lowest BCUT2D eigenvalue weighted by Gasteiger charge is -2.34. The van der Waals surface area contributed by atoms with E-state index in [1.54, 1.807) is 4.90 Å². The van der Waals surface area contributed by atoms with Gasteiger partial charge in [0.1, 0.15) is 6.10 Å². The summed E-state index contributed by atoms with van der Waals surface area (Å²) in [6.45, 7) is 4.51. The van der Waals surface area contributed by atoms with Crippen molar-refractivity contribution in [1.82, 2.24) is 4.90 Å². The molecule has 1 heterocycles. The SMILES string of the molecule is CCC(C)OC(=O)N1CCCCC1CC(=O)OC. The molecule has 5 heteroatoms. The lowest BCUT2D eigenvalue weighted by molar-refractivity contribution is -0.142. The molecular formula is C13H23NO4. The maximum atomic E-state index is 12.0. The van der Waals surface area contributed by atoms with E-state index in [4.69, 9.17) is 4.74 Å². The van der Waals surface area contributed by atoms with Gasteiger partial charge in [0.2, 0.25) is 0 Å². The number of carbonyl (C=O) groups excluding carboxylic acids is 2. The van der Waals surface area contributed by atoms with Gasteiger partial charge in [-0.25, -0.2) is 4.79 Å². The van der Waals surface area contributed by atoms with E-state index in [0.29, 0.717) is 6.54 Å². The second-order valence-corrected chi connectivity index (χ2v) is 4.73. The number of esters is 1. The predicted octanol–water partition coefficient (Wildman–Crippen LogP) is 2.34. The zero-order valence-electron chi connectivity index (χ0n) is 11.5. The molecule has 2 unspecified atom stereocenters. The molecule has 1 fully saturated rings. The summed E-state index contributed by atoms with van der Waals surface area (Å²) in [6, 6.07) is -0.0808. The largest absolute Gasteiger partial charge is 0.469 e. The molecule has 2 atom stereocenters. The highest BCUT2D eigenvalue weighted by molar-refractivity contribution is 5.73. The van der Waals surface area contributed by atoms with Crippen LogP contribution >= 0.6 is 0 Å². The molecule has 0 aromatic rings. The summed E-state index contributed by atoms with van der Waals surface area (Å²) < 4.78 is 9.98. The van der Waals surface area contributed by atoms with Gasteiger partial charge in [0.25, 0.3) is 0 Å². The first-order valence-corrected chi connectivity index (χ1v) is 6.62. The predicted molar refractivity (Wildman–Crippen MR) is 67.2 cm³/mol. The maximum absolute atomic E-state index is 12.0. The fourth-order valence-corrected chi connectivity index (χ4v) is 2.05. The normalized spacial score (nSPS) is 21.3. The molecule has 104 valence electrons. The minimum atomic E-state index is -0.307. The van der Waals surface area contributed by atoms with E-state index in [9.17, 15) is 9.59 Å². The van der Waals surface area contributed by atoms with Gasteiger partial charge >= 0.3 is 12.1 Å². The van der Waals surface area contributed by atoms with Crippen LogP contribution in [0.4, 0.5) is 4.79 Å². The van der Waals surface area contributed by atoms with Crippen molar-refractivity contribution in [2.75, 3.05) is 13.7 Å². The highest BCUT2D eigenvalue weighted by Gasteiger charge is 2.30. The molecule has 1 amide bonds. The molecule has 0 aromatic carbocycles. The van der Waals surface area contributed by atoms with E-state index < -0.39 is 0 Å². The van der Waals surface area contributed by atoms with E-state index >= 15 is 0 Å². The molecule has 1 aliphatic rings. The Balaban J connectivity index is 2.58. The highest BCUT2D eigenvalue weighted by Crippen LogP contribution is 2.21. The molecule has 18 heavy (non-hydrogen) atoms. The van der Waals surface area contributed by atoms with Crippen molar-refractivity contribution in [3.05, 3.63) is 0 Å². The van der Waals surface area contributed by atoms with Gasteiger partial charge in [-0.3, -0.25) is 4.79 Å². The summed E-state index contributed by atoms with van der Waals surface area (Å²) in [7, 11) is 1.37. The van der Waals surface area contributed by atoms with Crippen LogP contribution < -0.4 is 0 Å². The second-order valence-electron chi connectivity index (χ2n) is 4.73. The third kappa shape index (κ3) is 4.20. The lowest BCUT2D eigenvalue weighted by Crippen LogP contribution is -2.45. The van der Waals surface area contributed by atoms with Crippen molar-refractivity contribution in [3.8, 4) is 0 Å². The summed E-state index contributed by atoms with van der Waals surface area (Å²) >= 11 is 0. The lowest BCUT2D eigenvalue weighted by atomic mass is 10.00. The van der Waals surface area contributed by atoms with Gasteiger partial charge in [0, 0.05) is 12.6 Å². The minimum Gasteiger partial charge on any atom is -0.469 e. The Morgan fingerprint density at radius 3 is 2.72 bits per heavy atom. The van der Waals surface area contributed by atoms with Crippen LogP contribution in [-0.4, -0.2) is 42.8 Å². The number of hydrogen-bond donors (Lipinski definition) is 0. The summed E-state index contributed by atoms with van der Waals surface area (Å²) in [6.07, 6.45) is 3.50. The summed E-state index contributed by atoms with van der Waals surface area (Å²) in [4.78, 5) is 25.0. The standard InChI is InChI=1S/C13H23NO4/c1-4-10(2)18-13(16)14-8-6-5-7-11(14)9-12(15)17-3/h10-11H,4-9H2,1-3H3. The number of carbonyl (C=O) groups is 2. The molecule has 1 aliphatic heterocycles. The van der Waals surface area contributed by atoms with E-state index in [1.807, 2.05) is 13.8 Å². The highest BCUT2D eigenvalue weighted by atomic mass is 16.6. The van der Waals surface area contributed by atoms with E-state index in [-0.39, 0.29) is 30.6 Å². The Bertz CT molecular complexity index is 293. The van der Waals surface area contributed by atoms with Crippen LogP contribution in [0.5, 0.6) is 0 Å². The van der Waals surface area contributed by atoms with Crippen LogP contribution in [0.15, 0.2) is 0 Å². The van der Waals surface area contributed by atoms with Crippen LogP contribution in [-0.2, 0) is 14.3 Å². The first kappa shape index (κ1) is 14.8. The van der Waals surface area contributed by atoms with Gasteiger partial charge in [-0.2, -0.15) is 0 Å². The van der Waals surface area contributed by atoms with Gasteiger partial charge in [0.05, 0.1) is 13.5 Å². The minimum absolute atomic E-state index is 0.0808. The monoisotopic (exact) mass is 257 g/mol. The third-order valence-electron chi connectivity index (χ3n) is 3.37. The molecule has 0 aromatic heterocycles. The summed E-state index contributed by atoms with van der Waals surface area (Å²) in [5, 5.41) is 0. The van der Waals surface area contributed by atoms with E-state index in [0.717, 1.165) is 25.7 Å². The van der Waals surface area contributed by atoms with Gasteiger partial charge in [-0.05, 0) is 32.6 Å². The summed E-state index contributed by atoms with van der Waals surface area (Å²) in [5.74, 6) is -0.275. The first-order valence-electron chi connectivity index (χ1n) is 6.62. The average molecular weight is 257 g/mol. The fourth-order valence-electron chi connectivity index (χ4n) is 2.05. The third-order valence-corrected chi connectivity index (χ3v) is 3.37. The van der Waals surface area contributed by atoms with Gasteiger partial charge in [-0.15, -0.1) is 0 Å². The van der Waals surface area contributed by atoms with Gasteiger partial charge in [-0.1, -0.05) is 6.92 Å². The number of ether oxygens (including phenoxy) is 2. The Morgan fingerprint density at radius 2 is 2.11 bits per heavy atom. The molecule has 1 saturated heterocycles. The average Bonchev–Trinajstić information content (AvgIpc) is 2.38. The van der Waals surface area contributed by atoms with Crippen molar-refractivity contribution in [2.45, 2.75) is 58.1 Å². The Labute approximate surface area is 108 Å². The molecule has 1 rings (SSSR count). The second kappa shape index (κ2) is 7.24. The molecule has 0 radical (unpaired) electrons. The molecule has 0 N–H and O–H groups in total. The molecule has 0 bridgehead atoms. The molecular weight excluding hydrogens is 234 g/mol. The Kier molecular flexibility index (Phi) is 5.95. The molecule has 0 spiro atoms. The molecule has 0 saturated carbocycles. The van der Waals surface area contributed by atoms with Gasteiger partial charge < -0.3 is 14.4 Å². The number of hydrogen-bond acceptors (Lipinski definition) is 4. The van der Waals surface area contributed by atoms with Crippen molar-refractivity contribution in [1.29, 1.82) is 0 Å². The van der Waals surface area contributed by atoms with E-state index in [1.165, 1.54) is 7.11 Å². The number of likely N-dealkylation sites (tertiary alicyclic amines) is 1. The van der Waals surface area contributed by atoms with Crippen molar-refractivity contribution in [2.24, 2.45) is 0 Å².